The summed E-state index contributed by atoms with van der Waals surface area (Å²) in [5, 5.41) is 13.0. The summed E-state index contributed by atoms with van der Waals surface area (Å²) in [5.74, 6) is 0.242. The van der Waals surface area contributed by atoms with E-state index in [0.29, 0.717) is 0 Å². The zero-order chi connectivity index (χ0) is 14.7. The summed E-state index contributed by atoms with van der Waals surface area (Å²) in [6, 6.07) is 6.94. The van der Waals surface area contributed by atoms with Gasteiger partial charge in [-0.15, -0.1) is 0 Å². The smallest absolute Gasteiger partial charge is 0.244 e. The molecule has 5 heteroatoms. The van der Waals surface area contributed by atoms with Gasteiger partial charge in [-0.3, -0.25) is 9.69 Å². The molecular weight excluding hydrogens is 254 g/mol. The molecule has 0 radical (unpaired) electrons. The van der Waals surface area contributed by atoms with Gasteiger partial charge in [-0.05, 0) is 24.6 Å². The van der Waals surface area contributed by atoms with E-state index >= 15 is 0 Å². The Balaban J connectivity index is 2.36. The van der Waals surface area contributed by atoms with Crippen LogP contribution in [0.4, 0.5) is 0 Å². The molecule has 0 aromatic heterocycles. The first-order valence-corrected chi connectivity index (χ1v) is 6.97. The number of phenolic OH excluding ortho intramolecular Hbond substituents is 1. The number of rotatable bonds is 3. The third-order valence-corrected chi connectivity index (χ3v) is 3.74. The number of nitrogens with zero attached hydrogens (tertiary/aromatic N) is 2. The largest absolute Gasteiger partial charge is 0.508 e. The van der Waals surface area contributed by atoms with Crippen LogP contribution in [0.5, 0.6) is 5.75 Å². The lowest BCUT2D eigenvalue weighted by molar-refractivity contribution is -0.136. The summed E-state index contributed by atoms with van der Waals surface area (Å²) >= 11 is 0. The van der Waals surface area contributed by atoms with Crippen molar-refractivity contribution in [2.24, 2.45) is 0 Å². The fourth-order valence-electron chi connectivity index (χ4n) is 2.66. The number of benzene rings is 1. The lowest BCUT2D eigenvalue weighted by Gasteiger charge is -2.40. The first kappa shape index (κ1) is 14.8. The maximum absolute atomic E-state index is 12.6. The molecule has 110 valence electrons. The van der Waals surface area contributed by atoms with E-state index in [4.69, 9.17) is 0 Å². The number of hydrogen-bond acceptors (Lipinski definition) is 4. The number of likely N-dealkylation sites (N-methyl/N-ethyl adjacent to an activating group) is 1. The molecule has 2 atom stereocenters. The van der Waals surface area contributed by atoms with Gasteiger partial charge < -0.3 is 15.3 Å². The molecule has 1 aliphatic heterocycles. The van der Waals surface area contributed by atoms with Crippen LogP contribution in [0.1, 0.15) is 18.5 Å². The first-order valence-electron chi connectivity index (χ1n) is 6.97. The number of phenols is 1. The van der Waals surface area contributed by atoms with Gasteiger partial charge >= 0.3 is 0 Å². The minimum absolute atomic E-state index is 0.0457. The number of hydrogen-bond donors (Lipinski definition) is 2. The quantitative estimate of drug-likeness (QED) is 0.859. The highest BCUT2D eigenvalue weighted by atomic mass is 16.3. The topological polar surface area (TPSA) is 55.8 Å². The summed E-state index contributed by atoms with van der Waals surface area (Å²) in [5.41, 5.74) is 0.845. The van der Waals surface area contributed by atoms with Crippen molar-refractivity contribution < 1.29 is 9.90 Å². The van der Waals surface area contributed by atoms with Crippen LogP contribution in [0.25, 0.3) is 0 Å². The van der Waals surface area contributed by atoms with E-state index in [-0.39, 0.29) is 23.7 Å². The number of carbonyl (C=O) groups excluding carboxylic acids is 1. The molecule has 0 aliphatic carbocycles. The van der Waals surface area contributed by atoms with Gasteiger partial charge in [0.15, 0.2) is 0 Å². The van der Waals surface area contributed by atoms with E-state index in [1.54, 1.807) is 37.2 Å². The Labute approximate surface area is 120 Å². The van der Waals surface area contributed by atoms with Crippen molar-refractivity contribution in [3.8, 4) is 5.75 Å². The van der Waals surface area contributed by atoms with E-state index in [0.717, 1.165) is 25.2 Å². The summed E-state index contributed by atoms with van der Waals surface area (Å²) in [6.07, 6.45) is 0. The van der Waals surface area contributed by atoms with Crippen LogP contribution in [-0.4, -0.2) is 60.6 Å². The molecule has 5 nitrogen and oxygen atoms in total. The average Bonchev–Trinajstić information content (AvgIpc) is 2.41. The standard InChI is InChI=1S/C15H23N3O2/c1-11-10-16-7-8-18(11)14(15(20)17(2)3)12-5-4-6-13(19)9-12/h4-6,9,11,14,16,19H,7-8,10H2,1-3H3. The second kappa shape index (κ2) is 6.24. The van der Waals surface area contributed by atoms with Gasteiger partial charge in [0, 0.05) is 39.8 Å². The predicted octanol–water partition coefficient (Wildman–Crippen LogP) is 0.815. The van der Waals surface area contributed by atoms with E-state index in [2.05, 4.69) is 17.1 Å². The number of nitrogens with one attached hydrogen (secondary N) is 1. The zero-order valence-electron chi connectivity index (χ0n) is 12.3. The van der Waals surface area contributed by atoms with Crippen molar-refractivity contribution in [3.63, 3.8) is 0 Å². The monoisotopic (exact) mass is 277 g/mol. The van der Waals surface area contributed by atoms with Crippen LogP contribution in [0, 0.1) is 0 Å². The summed E-state index contributed by atoms with van der Waals surface area (Å²) in [4.78, 5) is 16.4. The Bertz CT molecular complexity index is 476. The van der Waals surface area contributed by atoms with Crippen molar-refractivity contribution in [1.82, 2.24) is 15.1 Å². The highest BCUT2D eigenvalue weighted by Crippen LogP contribution is 2.27. The zero-order valence-corrected chi connectivity index (χ0v) is 12.3. The number of piperazine rings is 1. The Kier molecular flexibility index (Phi) is 4.62. The van der Waals surface area contributed by atoms with Crippen molar-refractivity contribution in [3.05, 3.63) is 29.8 Å². The molecule has 1 amide bonds. The highest BCUT2D eigenvalue weighted by molar-refractivity contribution is 5.83. The van der Waals surface area contributed by atoms with Gasteiger partial charge in [0.05, 0.1) is 0 Å². The van der Waals surface area contributed by atoms with E-state index in [1.165, 1.54) is 0 Å². The fraction of sp³-hybridized carbons (Fsp3) is 0.533. The molecule has 0 saturated carbocycles. The molecule has 20 heavy (non-hydrogen) atoms. The van der Waals surface area contributed by atoms with Crippen LogP contribution in [0.15, 0.2) is 24.3 Å². The van der Waals surface area contributed by atoms with Crippen LogP contribution < -0.4 is 5.32 Å². The third-order valence-electron chi connectivity index (χ3n) is 3.74. The van der Waals surface area contributed by atoms with Crippen LogP contribution in [0.3, 0.4) is 0 Å². The normalized spacial score (nSPS) is 21.4. The van der Waals surface area contributed by atoms with Crippen molar-refractivity contribution in [2.75, 3.05) is 33.7 Å². The molecular formula is C15H23N3O2. The number of aromatic hydroxyl groups is 1. The lowest BCUT2D eigenvalue weighted by atomic mass is 10.0. The Morgan fingerprint density at radius 3 is 2.85 bits per heavy atom. The Hall–Kier alpha value is -1.59. The molecule has 0 bridgehead atoms. The molecule has 1 saturated heterocycles. The van der Waals surface area contributed by atoms with Gasteiger partial charge in [-0.25, -0.2) is 0 Å². The highest BCUT2D eigenvalue weighted by Gasteiger charge is 2.33. The van der Waals surface area contributed by atoms with Gasteiger partial charge in [0.2, 0.25) is 5.91 Å². The van der Waals surface area contributed by atoms with E-state index in [1.807, 2.05) is 6.07 Å². The van der Waals surface area contributed by atoms with Crippen LogP contribution in [-0.2, 0) is 4.79 Å². The SMILES string of the molecule is CC1CNCCN1C(C(=O)N(C)C)c1cccc(O)c1. The molecule has 2 rings (SSSR count). The molecule has 2 N–H and O–H groups in total. The van der Waals surface area contributed by atoms with Gasteiger partial charge in [0.1, 0.15) is 11.8 Å². The van der Waals surface area contributed by atoms with E-state index in [9.17, 15) is 9.90 Å². The van der Waals surface area contributed by atoms with Gasteiger partial charge in [-0.2, -0.15) is 0 Å². The molecule has 1 fully saturated rings. The maximum Gasteiger partial charge on any atom is 0.244 e. The molecule has 0 spiro atoms. The predicted molar refractivity (Wildman–Crippen MR) is 78.6 cm³/mol. The minimum atomic E-state index is -0.339. The Morgan fingerprint density at radius 1 is 1.50 bits per heavy atom. The first-order chi connectivity index (χ1) is 9.50. The summed E-state index contributed by atoms with van der Waals surface area (Å²) < 4.78 is 0. The molecule has 1 aromatic rings. The van der Waals surface area contributed by atoms with Crippen LogP contribution in [0.2, 0.25) is 0 Å². The third kappa shape index (κ3) is 3.11. The van der Waals surface area contributed by atoms with Crippen molar-refractivity contribution >= 4 is 5.91 Å². The molecule has 1 heterocycles. The Morgan fingerprint density at radius 2 is 2.25 bits per heavy atom. The fourth-order valence-corrected chi connectivity index (χ4v) is 2.66. The van der Waals surface area contributed by atoms with E-state index < -0.39 is 0 Å². The van der Waals surface area contributed by atoms with Crippen molar-refractivity contribution in [1.29, 1.82) is 0 Å². The maximum atomic E-state index is 12.6. The molecule has 1 aromatic carbocycles. The lowest BCUT2D eigenvalue weighted by Crippen LogP contribution is -2.54. The minimum Gasteiger partial charge on any atom is -0.508 e. The number of carbonyl (C=O) groups is 1. The average molecular weight is 277 g/mol. The molecule has 2 unspecified atom stereocenters. The van der Waals surface area contributed by atoms with Crippen molar-refractivity contribution in [2.45, 2.75) is 19.0 Å². The van der Waals surface area contributed by atoms with Gasteiger partial charge in [0.25, 0.3) is 0 Å². The summed E-state index contributed by atoms with van der Waals surface area (Å²) in [7, 11) is 3.54. The second-order valence-electron chi connectivity index (χ2n) is 5.52. The number of amides is 1. The summed E-state index contributed by atoms with van der Waals surface area (Å²) in [6.45, 7) is 4.68. The second-order valence-corrected chi connectivity index (χ2v) is 5.52. The van der Waals surface area contributed by atoms with Crippen LogP contribution >= 0.6 is 0 Å². The molecule has 1 aliphatic rings. The van der Waals surface area contributed by atoms with Gasteiger partial charge in [-0.1, -0.05) is 12.1 Å².